The molecular formula is C14H14F3NO2. The fraction of sp³-hybridized carbons (Fsp3) is 0.357. The molecule has 0 aromatic heterocycles. The topological polar surface area (TPSA) is 49.3 Å². The Bertz CT molecular complexity index is 542. The number of aliphatic hydroxyl groups excluding tert-OH is 1. The molecule has 1 aromatic rings. The minimum atomic E-state index is -4.36. The average molecular weight is 285 g/mol. The molecule has 20 heavy (non-hydrogen) atoms. The van der Waals surface area contributed by atoms with Gasteiger partial charge in [-0.2, -0.15) is 13.2 Å². The highest BCUT2D eigenvalue weighted by molar-refractivity contribution is 5.92. The van der Waals surface area contributed by atoms with Gasteiger partial charge in [0.2, 0.25) is 5.91 Å². The van der Waals surface area contributed by atoms with Crippen LogP contribution in [0.25, 0.3) is 0 Å². The fourth-order valence-corrected chi connectivity index (χ4v) is 1.47. The lowest BCUT2D eigenvalue weighted by atomic mass is 10.1. The third-order valence-electron chi connectivity index (χ3n) is 2.39. The standard InChI is InChI=1S/C14H14F3NO2/c1-10-4-5-11(3-2-8-19)12(9-10)18-13(20)6-7-14(15,16)17/h4-5,9,19H,6-8H2,1H3,(H,18,20). The molecule has 6 heteroatoms. The first-order valence-corrected chi connectivity index (χ1v) is 5.89. The maximum absolute atomic E-state index is 12.0. The van der Waals surface area contributed by atoms with Crippen LogP contribution in [0.3, 0.4) is 0 Å². The number of hydrogen-bond donors (Lipinski definition) is 2. The number of anilines is 1. The molecule has 0 unspecified atom stereocenters. The normalized spacial score (nSPS) is 10.7. The van der Waals surface area contributed by atoms with Crippen molar-refractivity contribution in [2.75, 3.05) is 11.9 Å². The third kappa shape index (κ3) is 5.76. The van der Waals surface area contributed by atoms with Crippen molar-refractivity contribution < 1.29 is 23.1 Å². The number of benzene rings is 1. The smallest absolute Gasteiger partial charge is 0.384 e. The second kappa shape index (κ2) is 6.96. The summed E-state index contributed by atoms with van der Waals surface area (Å²) in [5, 5.41) is 11.1. The van der Waals surface area contributed by atoms with Gasteiger partial charge in [-0.15, -0.1) is 0 Å². The van der Waals surface area contributed by atoms with Crippen molar-refractivity contribution in [1.29, 1.82) is 0 Å². The molecular weight excluding hydrogens is 271 g/mol. The van der Waals surface area contributed by atoms with Gasteiger partial charge < -0.3 is 10.4 Å². The zero-order valence-electron chi connectivity index (χ0n) is 10.8. The molecule has 1 amide bonds. The highest BCUT2D eigenvalue weighted by Gasteiger charge is 2.27. The van der Waals surface area contributed by atoms with Gasteiger partial charge in [0.05, 0.1) is 12.1 Å². The van der Waals surface area contributed by atoms with Crippen molar-refractivity contribution in [1.82, 2.24) is 0 Å². The molecule has 0 aliphatic rings. The maximum Gasteiger partial charge on any atom is 0.389 e. The Morgan fingerprint density at radius 2 is 2.10 bits per heavy atom. The average Bonchev–Trinajstić information content (AvgIpc) is 2.35. The fourth-order valence-electron chi connectivity index (χ4n) is 1.47. The SMILES string of the molecule is Cc1ccc(C#CCO)c(NC(=O)CCC(F)(F)F)c1. The lowest BCUT2D eigenvalue weighted by molar-refractivity contribution is -0.142. The predicted molar refractivity (Wildman–Crippen MR) is 69.1 cm³/mol. The van der Waals surface area contributed by atoms with Crippen LogP contribution in [0.15, 0.2) is 18.2 Å². The molecule has 0 saturated carbocycles. The Labute approximate surface area is 114 Å². The molecule has 3 nitrogen and oxygen atoms in total. The quantitative estimate of drug-likeness (QED) is 0.839. The number of halogens is 3. The Morgan fingerprint density at radius 3 is 2.70 bits per heavy atom. The van der Waals surface area contributed by atoms with E-state index in [0.29, 0.717) is 11.3 Å². The lowest BCUT2D eigenvalue weighted by Gasteiger charge is -2.10. The van der Waals surface area contributed by atoms with Gasteiger partial charge in [-0.3, -0.25) is 4.79 Å². The van der Waals surface area contributed by atoms with Crippen molar-refractivity contribution in [3.63, 3.8) is 0 Å². The number of alkyl halides is 3. The molecule has 0 radical (unpaired) electrons. The van der Waals surface area contributed by atoms with Gasteiger partial charge in [0.15, 0.2) is 0 Å². The van der Waals surface area contributed by atoms with Crippen LogP contribution in [0.1, 0.15) is 24.0 Å². The lowest BCUT2D eigenvalue weighted by Crippen LogP contribution is -2.17. The zero-order chi connectivity index (χ0) is 15.2. The van der Waals surface area contributed by atoms with Crippen molar-refractivity contribution in [3.05, 3.63) is 29.3 Å². The van der Waals surface area contributed by atoms with E-state index in [1.807, 2.05) is 0 Å². The summed E-state index contributed by atoms with van der Waals surface area (Å²) in [6, 6.07) is 5.01. The van der Waals surface area contributed by atoms with Crippen LogP contribution in [-0.2, 0) is 4.79 Å². The van der Waals surface area contributed by atoms with E-state index in [2.05, 4.69) is 17.2 Å². The summed E-state index contributed by atoms with van der Waals surface area (Å²) in [6.07, 6.45) is -6.16. The van der Waals surface area contributed by atoms with Crippen LogP contribution in [-0.4, -0.2) is 23.8 Å². The van der Waals surface area contributed by atoms with E-state index < -0.39 is 24.9 Å². The van der Waals surface area contributed by atoms with E-state index >= 15 is 0 Å². The van der Waals surface area contributed by atoms with E-state index in [4.69, 9.17) is 5.11 Å². The Hall–Kier alpha value is -2.00. The van der Waals surface area contributed by atoms with Gasteiger partial charge in [0.25, 0.3) is 0 Å². The summed E-state index contributed by atoms with van der Waals surface area (Å²) in [5.74, 6) is 4.34. The van der Waals surface area contributed by atoms with Crippen LogP contribution in [0.2, 0.25) is 0 Å². The van der Waals surface area contributed by atoms with Crippen molar-refractivity contribution in [2.24, 2.45) is 0 Å². The van der Waals surface area contributed by atoms with Gasteiger partial charge in [-0.1, -0.05) is 17.9 Å². The van der Waals surface area contributed by atoms with E-state index in [0.717, 1.165) is 5.56 Å². The third-order valence-corrected chi connectivity index (χ3v) is 2.39. The molecule has 108 valence electrons. The number of carbonyl (C=O) groups is 1. The number of hydrogen-bond acceptors (Lipinski definition) is 2. The van der Waals surface area contributed by atoms with Crippen molar-refractivity contribution >= 4 is 11.6 Å². The van der Waals surface area contributed by atoms with Gasteiger partial charge in [-0.25, -0.2) is 0 Å². The summed E-state index contributed by atoms with van der Waals surface area (Å²) in [7, 11) is 0. The minimum Gasteiger partial charge on any atom is -0.384 e. The van der Waals surface area contributed by atoms with E-state index in [-0.39, 0.29) is 6.61 Å². The first-order chi connectivity index (χ1) is 9.31. The van der Waals surface area contributed by atoms with Crippen LogP contribution in [0, 0.1) is 18.8 Å². The second-order valence-corrected chi connectivity index (χ2v) is 4.17. The van der Waals surface area contributed by atoms with E-state index in [9.17, 15) is 18.0 Å². The highest BCUT2D eigenvalue weighted by Crippen LogP contribution is 2.22. The second-order valence-electron chi connectivity index (χ2n) is 4.17. The van der Waals surface area contributed by atoms with Crippen LogP contribution in [0.5, 0.6) is 0 Å². The molecule has 0 spiro atoms. The van der Waals surface area contributed by atoms with Crippen LogP contribution in [0.4, 0.5) is 18.9 Å². The number of carbonyl (C=O) groups excluding carboxylic acids is 1. The first kappa shape index (κ1) is 16.1. The Morgan fingerprint density at radius 1 is 1.40 bits per heavy atom. The Balaban J connectivity index is 2.80. The predicted octanol–water partition coefficient (Wildman–Crippen LogP) is 2.62. The summed E-state index contributed by atoms with van der Waals surface area (Å²) < 4.78 is 36.1. The molecule has 0 bridgehead atoms. The molecule has 2 N–H and O–H groups in total. The molecule has 0 heterocycles. The number of aliphatic hydroxyl groups is 1. The van der Waals surface area contributed by atoms with E-state index in [1.54, 1.807) is 25.1 Å². The number of rotatable bonds is 3. The Kier molecular flexibility index (Phi) is 5.59. The zero-order valence-corrected chi connectivity index (χ0v) is 10.8. The van der Waals surface area contributed by atoms with Crippen molar-refractivity contribution in [3.8, 4) is 11.8 Å². The summed E-state index contributed by atoms with van der Waals surface area (Å²) >= 11 is 0. The number of amides is 1. The molecule has 0 aliphatic heterocycles. The van der Waals surface area contributed by atoms with Crippen molar-refractivity contribution in [2.45, 2.75) is 25.9 Å². The highest BCUT2D eigenvalue weighted by atomic mass is 19.4. The number of nitrogens with one attached hydrogen (secondary N) is 1. The summed E-state index contributed by atoms with van der Waals surface area (Å²) in [4.78, 5) is 11.5. The molecule has 1 aromatic carbocycles. The molecule has 1 rings (SSSR count). The molecule has 0 atom stereocenters. The van der Waals surface area contributed by atoms with Gasteiger partial charge in [0.1, 0.15) is 6.61 Å². The van der Waals surface area contributed by atoms with Gasteiger partial charge in [0, 0.05) is 12.0 Å². The molecule has 0 fully saturated rings. The largest absolute Gasteiger partial charge is 0.389 e. The first-order valence-electron chi connectivity index (χ1n) is 5.89. The molecule has 0 aliphatic carbocycles. The maximum atomic E-state index is 12.0. The number of aryl methyl sites for hydroxylation is 1. The monoisotopic (exact) mass is 285 g/mol. The summed E-state index contributed by atoms with van der Waals surface area (Å²) in [5.41, 5.74) is 1.63. The van der Waals surface area contributed by atoms with E-state index in [1.165, 1.54) is 0 Å². The summed E-state index contributed by atoms with van der Waals surface area (Å²) in [6.45, 7) is 1.45. The van der Waals surface area contributed by atoms with Crippen LogP contribution < -0.4 is 5.32 Å². The molecule has 0 saturated heterocycles. The van der Waals surface area contributed by atoms with Gasteiger partial charge >= 0.3 is 6.18 Å². The van der Waals surface area contributed by atoms with Gasteiger partial charge in [-0.05, 0) is 24.6 Å². The van der Waals surface area contributed by atoms with Crippen LogP contribution >= 0.6 is 0 Å². The minimum absolute atomic E-state index is 0.338.